The smallest absolute Gasteiger partial charge is 0.310 e. The maximum absolute atomic E-state index is 12.6. The number of carbonyl (C=O) groups is 2. The minimum Gasteiger partial charge on any atom is -0.481 e. The molecule has 2 saturated carbocycles. The van der Waals surface area contributed by atoms with Gasteiger partial charge in [0.05, 0.1) is 24.5 Å². The Bertz CT molecular complexity index is 544. The summed E-state index contributed by atoms with van der Waals surface area (Å²) in [5.74, 6) is -0.750. The number of fused-ring (bicyclic) bond motifs is 3. The molecule has 3 aliphatic carbocycles. The van der Waals surface area contributed by atoms with E-state index < -0.39 is 17.3 Å². The molecule has 1 aliphatic heterocycles. The van der Waals surface area contributed by atoms with Crippen molar-refractivity contribution in [2.75, 3.05) is 19.8 Å². The van der Waals surface area contributed by atoms with E-state index in [0.717, 1.165) is 26.1 Å². The summed E-state index contributed by atoms with van der Waals surface area (Å²) in [6, 6.07) is 0. The van der Waals surface area contributed by atoms with E-state index in [-0.39, 0.29) is 23.2 Å². The van der Waals surface area contributed by atoms with Crippen molar-refractivity contribution in [3.63, 3.8) is 0 Å². The number of amides is 1. The first-order valence-corrected chi connectivity index (χ1v) is 7.74. The molecule has 0 unspecified atom stereocenters. The summed E-state index contributed by atoms with van der Waals surface area (Å²) >= 11 is 0. The molecule has 1 saturated heterocycles. The fourth-order valence-corrected chi connectivity index (χ4v) is 4.74. The topological polar surface area (TPSA) is 75.6 Å². The van der Waals surface area contributed by atoms with Crippen LogP contribution in [0.15, 0.2) is 12.2 Å². The first-order chi connectivity index (χ1) is 9.97. The van der Waals surface area contributed by atoms with E-state index in [9.17, 15) is 14.7 Å². The highest BCUT2D eigenvalue weighted by molar-refractivity contribution is 5.89. The fourth-order valence-electron chi connectivity index (χ4n) is 4.74. The fraction of sp³-hybridized carbons (Fsp3) is 0.750. The zero-order chi connectivity index (χ0) is 14.8. The lowest BCUT2D eigenvalue weighted by Crippen LogP contribution is -2.48. The lowest BCUT2D eigenvalue weighted by atomic mass is 9.69. The number of carboxylic acid groups (broad SMARTS) is 1. The average molecular weight is 291 g/mol. The summed E-state index contributed by atoms with van der Waals surface area (Å²) < 4.78 is 5.44. The molecule has 0 aromatic heterocycles. The number of carboxylic acids is 1. The molecule has 1 amide bonds. The number of rotatable bonds is 4. The predicted octanol–water partition coefficient (Wildman–Crippen LogP) is 1.05. The van der Waals surface area contributed by atoms with Gasteiger partial charge in [0.1, 0.15) is 0 Å². The molecule has 2 bridgehead atoms. The van der Waals surface area contributed by atoms with E-state index in [2.05, 4.69) is 5.32 Å². The zero-order valence-electron chi connectivity index (χ0n) is 12.2. The van der Waals surface area contributed by atoms with Crippen LogP contribution in [0.3, 0.4) is 0 Å². The molecule has 6 atom stereocenters. The van der Waals surface area contributed by atoms with Crippen LogP contribution < -0.4 is 5.32 Å². The number of ether oxygens (including phenoxy) is 1. The molecule has 5 heteroatoms. The van der Waals surface area contributed by atoms with Crippen molar-refractivity contribution in [3.8, 4) is 0 Å². The maximum atomic E-state index is 12.6. The lowest BCUT2D eigenvalue weighted by Gasteiger charge is -2.34. The van der Waals surface area contributed by atoms with Gasteiger partial charge in [-0.2, -0.15) is 0 Å². The third kappa shape index (κ3) is 1.67. The Labute approximate surface area is 123 Å². The Balaban J connectivity index is 1.48. The average Bonchev–Trinajstić information content (AvgIpc) is 2.86. The molecule has 1 heterocycles. The molecule has 4 rings (SSSR count). The molecule has 21 heavy (non-hydrogen) atoms. The van der Waals surface area contributed by atoms with Gasteiger partial charge in [-0.05, 0) is 37.5 Å². The van der Waals surface area contributed by atoms with E-state index in [1.165, 1.54) is 0 Å². The van der Waals surface area contributed by atoms with E-state index >= 15 is 0 Å². The van der Waals surface area contributed by atoms with E-state index in [1.54, 1.807) is 6.92 Å². The molecular formula is C16H21NO4. The van der Waals surface area contributed by atoms with Gasteiger partial charge in [-0.1, -0.05) is 12.2 Å². The molecule has 0 aromatic carbocycles. The SMILES string of the molecule is C[C@@]1(C(=O)O)[C@@H]2C=C[C@@H](C2)[C@@H]1C(=O)NC[C@@]12COC[C@@H]1C2. The van der Waals surface area contributed by atoms with Crippen LogP contribution in [0.1, 0.15) is 19.8 Å². The summed E-state index contributed by atoms with van der Waals surface area (Å²) in [6.45, 7) is 3.89. The summed E-state index contributed by atoms with van der Waals surface area (Å²) in [5.41, 5.74) is -0.820. The van der Waals surface area contributed by atoms with Crippen molar-refractivity contribution in [1.82, 2.24) is 5.32 Å². The molecule has 2 N–H and O–H groups in total. The van der Waals surface area contributed by atoms with Crippen molar-refractivity contribution < 1.29 is 19.4 Å². The van der Waals surface area contributed by atoms with Crippen LogP contribution in [0.2, 0.25) is 0 Å². The summed E-state index contributed by atoms with van der Waals surface area (Å²) in [4.78, 5) is 24.3. The van der Waals surface area contributed by atoms with Crippen molar-refractivity contribution in [3.05, 3.63) is 12.2 Å². The second kappa shape index (κ2) is 4.09. The van der Waals surface area contributed by atoms with Gasteiger partial charge in [-0.3, -0.25) is 9.59 Å². The van der Waals surface area contributed by atoms with Crippen molar-refractivity contribution >= 4 is 11.9 Å². The van der Waals surface area contributed by atoms with Crippen molar-refractivity contribution in [1.29, 1.82) is 0 Å². The molecule has 3 fully saturated rings. The largest absolute Gasteiger partial charge is 0.481 e. The number of hydrogen-bond donors (Lipinski definition) is 2. The molecular weight excluding hydrogens is 270 g/mol. The second-order valence-electron chi connectivity index (χ2n) is 7.45. The highest BCUT2D eigenvalue weighted by Crippen LogP contribution is 2.58. The van der Waals surface area contributed by atoms with Gasteiger partial charge in [-0.15, -0.1) is 0 Å². The summed E-state index contributed by atoms with van der Waals surface area (Å²) in [5, 5.41) is 12.6. The maximum Gasteiger partial charge on any atom is 0.310 e. The first-order valence-electron chi connectivity index (χ1n) is 7.74. The highest BCUT2D eigenvalue weighted by Gasteiger charge is 2.62. The Kier molecular flexibility index (Phi) is 2.60. The van der Waals surface area contributed by atoms with Crippen LogP contribution in [-0.4, -0.2) is 36.7 Å². The van der Waals surface area contributed by atoms with Gasteiger partial charge in [0.2, 0.25) is 5.91 Å². The van der Waals surface area contributed by atoms with Gasteiger partial charge in [0.15, 0.2) is 0 Å². The Morgan fingerprint density at radius 1 is 1.43 bits per heavy atom. The third-order valence-electron chi connectivity index (χ3n) is 6.39. The van der Waals surface area contributed by atoms with Crippen LogP contribution >= 0.6 is 0 Å². The van der Waals surface area contributed by atoms with Gasteiger partial charge >= 0.3 is 5.97 Å². The molecule has 5 nitrogen and oxygen atoms in total. The number of nitrogens with one attached hydrogen (secondary N) is 1. The highest BCUT2D eigenvalue weighted by atomic mass is 16.5. The van der Waals surface area contributed by atoms with Crippen molar-refractivity contribution in [2.24, 2.45) is 34.5 Å². The van der Waals surface area contributed by atoms with Crippen LogP contribution in [0.25, 0.3) is 0 Å². The lowest BCUT2D eigenvalue weighted by molar-refractivity contribution is -0.156. The molecule has 0 radical (unpaired) electrons. The Morgan fingerprint density at radius 2 is 2.24 bits per heavy atom. The van der Waals surface area contributed by atoms with Gasteiger partial charge in [0, 0.05) is 12.0 Å². The monoisotopic (exact) mass is 291 g/mol. The minimum absolute atomic E-state index is 0.0163. The van der Waals surface area contributed by atoms with Crippen molar-refractivity contribution in [2.45, 2.75) is 19.8 Å². The van der Waals surface area contributed by atoms with E-state index in [4.69, 9.17) is 4.74 Å². The standard InChI is InChI=1S/C16H21NO4/c1-15(14(19)20)10-3-2-9(4-10)12(15)13(18)17-7-16-5-11(16)6-21-8-16/h2-3,9-12H,4-8H2,1H3,(H,17,18)(H,19,20)/t9-,10+,11-,12+,15+,16-/m0/s1. The van der Waals surface area contributed by atoms with Crippen LogP contribution in [0, 0.1) is 34.5 Å². The van der Waals surface area contributed by atoms with E-state index in [0.29, 0.717) is 12.5 Å². The number of carbonyl (C=O) groups excluding carboxylic acids is 1. The third-order valence-corrected chi connectivity index (χ3v) is 6.39. The summed E-state index contributed by atoms with van der Waals surface area (Å²) in [7, 11) is 0. The number of aliphatic carboxylic acids is 1. The van der Waals surface area contributed by atoms with Crippen LogP contribution in [-0.2, 0) is 14.3 Å². The quantitative estimate of drug-likeness (QED) is 0.759. The van der Waals surface area contributed by atoms with Gasteiger partial charge in [0.25, 0.3) is 0 Å². The number of hydrogen-bond acceptors (Lipinski definition) is 3. The minimum atomic E-state index is -0.962. The van der Waals surface area contributed by atoms with Crippen LogP contribution in [0.5, 0.6) is 0 Å². The molecule has 114 valence electrons. The summed E-state index contributed by atoms with van der Waals surface area (Å²) in [6.07, 6.45) is 5.91. The Morgan fingerprint density at radius 3 is 2.86 bits per heavy atom. The first kappa shape index (κ1) is 13.3. The second-order valence-corrected chi connectivity index (χ2v) is 7.45. The predicted molar refractivity (Wildman–Crippen MR) is 74.3 cm³/mol. The Hall–Kier alpha value is -1.36. The molecule has 4 aliphatic rings. The van der Waals surface area contributed by atoms with Crippen LogP contribution in [0.4, 0.5) is 0 Å². The normalized spacial score (nSPS) is 49.2. The zero-order valence-corrected chi connectivity index (χ0v) is 12.2. The van der Waals surface area contributed by atoms with E-state index in [1.807, 2.05) is 12.2 Å². The van der Waals surface area contributed by atoms with Gasteiger partial charge in [-0.25, -0.2) is 0 Å². The van der Waals surface area contributed by atoms with Gasteiger partial charge < -0.3 is 15.2 Å². The molecule has 0 aromatic rings. The number of allylic oxidation sites excluding steroid dienone is 2. The molecule has 0 spiro atoms.